The molecule has 1 aliphatic heterocycles. The molecule has 1 aliphatic carbocycles. The lowest BCUT2D eigenvalue weighted by Crippen LogP contribution is -2.31. The predicted octanol–water partition coefficient (Wildman–Crippen LogP) is 6.69. The molecule has 1 fully saturated rings. The Morgan fingerprint density at radius 1 is 1.00 bits per heavy atom. The summed E-state index contributed by atoms with van der Waals surface area (Å²) in [4.78, 5) is 27.3. The third-order valence-corrected chi connectivity index (χ3v) is 8.60. The zero-order valence-corrected chi connectivity index (χ0v) is 20.6. The van der Waals surface area contributed by atoms with Crippen LogP contribution in [0.1, 0.15) is 54.5 Å². The summed E-state index contributed by atoms with van der Waals surface area (Å²) in [6.07, 6.45) is -0.841. The minimum absolute atomic E-state index is 0.0687. The van der Waals surface area contributed by atoms with Gasteiger partial charge in [-0.05, 0) is 55.7 Å². The first-order valence-electron chi connectivity index (χ1n) is 12.0. The second kappa shape index (κ2) is 8.28. The molecule has 4 aromatic rings. The number of fused-ring (bicyclic) bond motifs is 6. The van der Waals surface area contributed by atoms with Crippen LogP contribution in [0.15, 0.2) is 72.3 Å². The second-order valence-corrected chi connectivity index (χ2v) is 10.8. The van der Waals surface area contributed by atoms with Gasteiger partial charge in [-0.25, -0.2) is 4.79 Å². The van der Waals surface area contributed by atoms with Crippen molar-refractivity contribution in [3.8, 4) is 11.4 Å². The average Bonchev–Trinajstić information content (AvgIpc) is 3.11. The number of pyridine rings is 1. The highest BCUT2D eigenvalue weighted by molar-refractivity contribution is 7.99. The van der Waals surface area contributed by atoms with Crippen LogP contribution in [0.4, 0.5) is 13.2 Å². The van der Waals surface area contributed by atoms with E-state index < -0.39 is 34.1 Å². The second-order valence-electron chi connectivity index (χ2n) is 9.76. The first-order chi connectivity index (χ1) is 17.6. The molecule has 0 amide bonds. The van der Waals surface area contributed by atoms with Gasteiger partial charge in [-0.15, -0.1) is 0 Å². The summed E-state index contributed by atoms with van der Waals surface area (Å²) in [5, 5.41) is 10.9. The van der Waals surface area contributed by atoms with Crippen molar-refractivity contribution >= 4 is 22.7 Å². The van der Waals surface area contributed by atoms with Gasteiger partial charge in [0, 0.05) is 22.1 Å². The van der Waals surface area contributed by atoms with Gasteiger partial charge in [0.25, 0.3) is 5.56 Å². The molecule has 190 valence electrons. The first-order valence-corrected chi connectivity index (χ1v) is 12.8. The van der Waals surface area contributed by atoms with Crippen molar-refractivity contribution in [3.63, 3.8) is 0 Å². The number of hydrogen-bond acceptors (Lipinski definition) is 5. The van der Waals surface area contributed by atoms with Crippen molar-refractivity contribution in [2.75, 3.05) is 0 Å². The molecule has 1 N–H and O–H groups in total. The lowest BCUT2D eigenvalue weighted by Gasteiger charge is -2.35. The molecule has 2 aromatic carbocycles. The first kappa shape index (κ1) is 23.9. The third kappa shape index (κ3) is 3.62. The van der Waals surface area contributed by atoms with Gasteiger partial charge >= 0.3 is 11.8 Å². The van der Waals surface area contributed by atoms with Crippen LogP contribution in [0.25, 0.3) is 16.7 Å². The highest BCUT2D eigenvalue weighted by Gasteiger charge is 2.47. The zero-order valence-electron chi connectivity index (χ0n) is 19.8. The van der Waals surface area contributed by atoms with Crippen molar-refractivity contribution in [1.82, 2.24) is 4.57 Å². The van der Waals surface area contributed by atoms with E-state index in [1.165, 1.54) is 10.6 Å². The molecule has 5 nitrogen and oxygen atoms in total. The summed E-state index contributed by atoms with van der Waals surface area (Å²) in [5.74, 6) is -0.491. The Bertz CT molecular complexity index is 1680. The van der Waals surface area contributed by atoms with E-state index in [4.69, 9.17) is 4.42 Å². The van der Waals surface area contributed by atoms with E-state index in [9.17, 15) is 27.9 Å². The Hall–Kier alpha value is -3.46. The van der Waals surface area contributed by atoms with Gasteiger partial charge in [-0.2, -0.15) is 13.2 Å². The molecule has 1 saturated carbocycles. The molecule has 0 saturated heterocycles. The van der Waals surface area contributed by atoms with Crippen LogP contribution in [0.5, 0.6) is 5.75 Å². The molecule has 2 aliphatic rings. The fourth-order valence-corrected chi connectivity index (χ4v) is 6.59. The van der Waals surface area contributed by atoms with E-state index in [-0.39, 0.29) is 15.9 Å². The van der Waals surface area contributed by atoms with Crippen LogP contribution >= 0.6 is 11.8 Å². The third-order valence-electron chi connectivity index (χ3n) is 7.53. The van der Waals surface area contributed by atoms with E-state index in [1.807, 2.05) is 19.1 Å². The molecule has 3 heterocycles. The quantitative estimate of drug-likeness (QED) is 0.316. The van der Waals surface area contributed by atoms with E-state index in [2.05, 4.69) is 0 Å². The molecular weight excluding hydrogens is 503 g/mol. The molecule has 0 radical (unpaired) electrons. The van der Waals surface area contributed by atoms with Crippen LogP contribution in [-0.4, -0.2) is 9.67 Å². The highest BCUT2D eigenvalue weighted by Crippen LogP contribution is 2.52. The monoisotopic (exact) mass is 525 g/mol. The predicted molar refractivity (Wildman–Crippen MR) is 134 cm³/mol. The maximum absolute atomic E-state index is 13.9. The number of hydrogen-bond donors (Lipinski definition) is 1. The Kier molecular flexibility index (Phi) is 5.35. The standard InChI is InChI=1S/C28H22F3NO4S/c1-15-5-8-17(9-6-15)37-24-23(33)22-20(36-26(24)35)14-21-27(11-3-2-4-12-27)18-13-16(28(29,30)31)7-10-19(18)32(21)25(22)34/h5-10,13-14,33H,2-4,11-12H2,1H3. The number of halogens is 3. The number of aromatic hydroxyl groups is 1. The molecule has 9 heteroatoms. The number of aryl methyl sites for hydroxylation is 1. The molecule has 37 heavy (non-hydrogen) atoms. The van der Waals surface area contributed by atoms with Gasteiger partial charge in [-0.3, -0.25) is 9.36 Å². The summed E-state index contributed by atoms with van der Waals surface area (Å²) in [6.45, 7) is 1.92. The maximum Gasteiger partial charge on any atom is 0.416 e. The largest absolute Gasteiger partial charge is 0.505 e. The molecule has 6 rings (SSSR count). The number of rotatable bonds is 2. The van der Waals surface area contributed by atoms with Crippen LogP contribution in [0.2, 0.25) is 0 Å². The molecular formula is C28H22F3NO4S. The normalized spacial score (nSPS) is 16.2. The highest BCUT2D eigenvalue weighted by atomic mass is 32.2. The SMILES string of the molecule is Cc1ccc(Sc2c(O)c3c(=O)n4c(cc3oc2=O)C2(CCCCC2)c2cc(C(F)(F)F)ccc2-4)cc1. The lowest BCUT2D eigenvalue weighted by molar-refractivity contribution is -0.137. The van der Waals surface area contributed by atoms with Gasteiger partial charge in [0.1, 0.15) is 15.9 Å². The van der Waals surface area contributed by atoms with Crippen LogP contribution in [0.3, 0.4) is 0 Å². The fraction of sp³-hybridized carbons (Fsp3) is 0.286. The Labute approximate surface area is 213 Å². The summed E-state index contributed by atoms with van der Waals surface area (Å²) in [7, 11) is 0. The molecule has 0 atom stereocenters. The average molecular weight is 526 g/mol. The summed E-state index contributed by atoms with van der Waals surface area (Å²) < 4.78 is 47.9. The summed E-state index contributed by atoms with van der Waals surface area (Å²) in [5.41, 5.74) is -0.701. The van der Waals surface area contributed by atoms with Crippen molar-refractivity contribution in [2.24, 2.45) is 0 Å². The van der Waals surface area contributed by atoms with Crippen molar-refractivity contribution in [3.05, 3.63) is 91.7 Å². The topological polar surface area (TPSA) is 72.4 Å². The Balaban J connectivity index is 1.61. The number of aromatic nitrogens is 1. The minimum atomic E-state index is -4.53. The van der Waals surface area contributed by atoms with Gasteiger partial charge < -0.3 is 9.52 Å². The van der Waals surface area contributed by atoms with Gasteiger partial charge in [0.2, 0.25) is 0 Å². The van der Waals surface area contributed by atoms with Crippen molar-refractivity contribution in [2.45, 2.75) is 60.4 Å². The van der Waals surface area contributed by atoms with Gasteiger partial charge in [0.15, 0.2) is 5.75 Å². The lowest BCUT2D eigenvalue weighted by atomic mass is 9.68. The molecule has 0 unspecified atom stereocenters. The van der Waals surface area contributed by atoms with Crippen molar-refractivity contribution < 1.29 is 22.7 Å². The van der Waals surface area contributed by atoms with Crippen molar-refractivity contribution in [1.29, 1.82) is 0 Å². The van der Waals surface area contributed by atoms with Crippen LogP contribution < -0.4 is 11.2 Å². The fourth-order valence-electron chi connectivity index (χ4n) is 5.76. The molecule has 1 spiro atoms. The smallest absolute Gasteiger partial charge is 0.416 e. The Morgan fingerprint density at radius 2 is 1.70 bits per heavy atom. The summed E-state index contributed by atoms with van der Waals surface area (Å²) in [6, 6.07) is 12.3. The van der Waals surface area contributed by atoms with E-state index >= 15 is 0 Å². The van der Waals surface area contributed by atoms with E-state index in [1.54, 1.807) is 18.2 Å². The van der Waals surface area contributed by atoms with E-state index in [0.717, 1.165) is 48.7 Å². The summed E-state index contributed by atoms with van der Waals surface area (Å²) >= 11 is 0.989. The van der Waals surface area contributed by atoms with Crippen LogP contribution in [0, 0.1) is 6.92 Å². The van der Waals surface area contributed by atoms with E-state index in [0.29, 0.717) is 34.7 Å². The number of benzene rings is 2. The Morgan fingerprint density at radius 3 is 2.38 bits per heavy atom. The minimum Gasteiger partial charge on any atom is -0.505 e. The van der Waals surface area contributed by atoms with Crippen LogP contribution in [-0.2, 0) is 11.6 Å². The van der Waals surface area contributed by atoms with Gasteiger partial charge in [-0.1, -0.05) is 48.7 Å². The zero-order chi connectivity index (χ0) is 26.1. The van der Waals surface area contributed by atoms with Gasteiger partial charge in [0.05, 0.1) is 11.3 Å². The maximum atomic E-state index is 13.9. The number of alkyl halides is 3. The molecule has 2 aromatic heterocycles. The molecule has 0 bridgehead atoms. The number of nitrogens with zero attached hydrogens (tertiary/aromatic N) is 1.